The lowest BCUT2D eigenvalue weighted by molar-refractivity contribution is 0.0241. The zero-order valence-electron chi connectivity index (χ0n) is 13.7. The van der Waals surface area contributed by atoms with Gasteiger partial charge in [-0.1, -0.05) is 23.7 Å². The Morgan fingerprint density at radius 1 is 1.22 bits per heavy atom. The number of carbonyl (C=O) groups excluding carboxylic acids is 1. The van der Waals surface area contributed by atoms with Gasteiger partial charge in [0.2, 0.25) is 0 Å². The first kappa shape index (κ1) is 16.0. The summed E-state index contributed by atoms with van der Waals surface area (Å²) in [5.41, 5.74) is 1.63. The first-order chi connectivity index (χ1) is 10.8. The van der Waals surface area contributed by atoms with E-state index in [0.717, 1.165) is 34.7 Å². The van der Waals surface area contributed by atoms with Crippen molar-refractivity contribution in [2.45, 2.75) is 26.4 Å². The highest BCUT2D eigenvalue weighted by atomic mass is 35.5. The van der Waals surface area contributed by atoms with Crippen molar-refractivity contribution in [3.8, 4) is 0 Å². The Hall–Kier alpha value is -1.88. The smallest absolute Gasteiger partial charge is 0.410 e. The van der Waals surface area contributed by atoms with Crippen molar-refractivity contribution in [3.63, 3.8) is 0 Å². The molecule has 1 aliphatic rings. The van der Waals surface area contributed by atoms with Crippen molar-refractivity contribution in [1.29, 1.82) is 0 Å². The Balaban J connectivity index is 1.69. The summed E-state index contributed by atoms with van der Waals surface area (Å²) < 4.78 is 5.43. The molecule has 6 heteroatoms. The van der Waals surface area contributed by atoms with Crippen molar-refractivity contribution in [3.05, 3.63) is 29.4 Å². The number of nitrogens with zero attached hydrogens (tertiary/aromatic N) is 2. The number of fused-ring (bicyclic) bond motifs is 1. The van der Waals surface area contributed by atoms with Gasteiger partial charge in [-0.2, -0.15) is 0 Å². The van der Waals surface area contributed by atoms with Gasteiger partial charge in [0, 0.05) is 37.8 Å². The average Bonchev–Trinajstić information content (AvgIpc) is 2.91. The van der Waals surface area contributed by atoms with Crippen LogP contribution in [-0.4, -0.2) is 47.8 Å². The molecular weight excluding hydrogens is 314 g/mol. The van der Waals surface area contributed by atoms with Gasteiger partial charge in [-0.05, 0) is 26.8 Å². The van der Waals surface area contributed by atoms with Crippen molar-refractivity contribution >= 4 is 34.3 Å². The van der Waals surface area contributed by atoms with E-state index in [-0.39, 0.29) is 6.09 Å². The maximum absolute atomic E-state index is 12.1. The van der Waals surface area contributed by atoms with Gasteiger partial charge < -0.3 is 19.5 Å². The number of amides is 1. The molecule has 0 atom stereocenters. The van der Waals surface area contributed by atoms with Crippen molar-refractivity contribution in [2.75, 3.05) is 31.1 Å². The first-order valence-electron chi connectivity index (χ1n) is 7.83. The lowest BCUT2D eigenvalue weighted by atomic mass is 10.2. The Morgan fingerprint density at radius 3 is 2.57 bits per heavy atom. The largest absolute Gasteiger partial charge is 0.444 e. The minimum atomic E-state index is -0.457. The normalized spacial score (nSPS) is 16.0. The molecule has 23 heavy (non-hydrogen) atoms. The molecular formula is C17H22ClN3O2. The molecule has 2 heterocycles. The van der Waals surface area contributed by atoms with E-state index in [1.54, 1.807) is 4.90 Å². The van der Waals surface area contributed by atoms with E-state index in [2.05, 4.69) is 16.0 Å². The molecule has 1 aromatic carbocycles. The van der Waals surface area contributed by atoms with Gasteiger partial charge in [-0.25, -0.2) is 4.79 Å². The molecule has 0 bridgehead atoms. The SMILES string of the molecule is CC(C)(C)OC(=O)N1CCN(c2c[nH]c3c(Cl)cccc23)CC1. The topological polar surface area (TPSA) is 48.6 Å². The molecule has 0 saturated carbocycles. The monoisotopic (exact) mass is 335 g/mol. The molecule has 2 aromatic rings. The molecule has 0 aliphatic carbocycles. The highest BCUT2D eigenvalue weighted by Gasteiger charge is 2.26. The van der Waals surface area contributed by atoms with E-state index in [0.29, 0.717) is 13.1 Å². The highest BCUT2D eigenvalue weighted by Crippen LogP contribution is 2.31. The van der Waals surface area contributed by atoms with Crippen molar-refractivity contribution in [1.82, 2.24) is 9.88 Å². The van der Waals surface area contributed by atoms with Crippen LogP contribution in [0.2, 0.25) is 5.02 Å². The van der Waals surface area contributed by atoms with Gasteiger partial charge >= 0.3 is 6.09 Å². The summed E-state index contributed by atoms with van der Waals surface area (Å²) in [6.07, 6.45) is 1.75. The number of nitrogens with one attached hydrogen (secondary N) is 1. The minimum Gasteiger partial charge on any atom is -0.444 e. The third-order valence-electron chi connectivity index (χ3n) is 3.91. The summed E-state index contributed by atoms with van der Waals surface area (Å²) in [5.74, 6) is 0. The summed E-state index contributed by atoms with van der Waals surface area (Å²) in [5, 5.41) is 1.84. The van der Waals surface area contributed by atoms with Crippen molar-refractivity contribution < 1.29 is 9.53 Å². The number of piperazine rings is 1. The fourth-order valence-electron chi connectivity index (χ4n) is 2.82. The quantitative estimate of drug-likeness (QED) is 0.860. The number of carbonyl (C=O) groups is 1. The molecule has 1 N–H and O–H groups in total. The van der Waals surface area contributed by atoms with E-state index in [4.69, 9.17) is 16.3 Å². The van der Waals surface area contributed by atoms with Gasteiger partial charge in [0.25, 0.3) is 0 Å². The predicted molar refractivity (Wildman–Crippen MR) is 93.3 cm³/mol. The number of ether oxygens (including phenoxy) is 1. The molecule has 1 saturated heterocycles. The van der Waals surface area contributed by atoms with E-state index < -0.39 is 5.60 Å². The summed E-state index contributed by atoms with van der Waals surface area (Å²) in [7, 11) is 0. The average molecular weight is 336 g/mol. The van der Waals surface area contributed by atoms with Gasteiger partial charge in [0.05, 0.1) is 16.2 Å². The van der Waals surface area contributed by atoms with Crippen LogP contribution in [0.4, 0.5) is 10.5 Å². The molecule has 3 rings (SSSR count). The maximum Gasteiger partial charge on any atom is 0.410 e. The summed E-state index contributed by atoms with van der Waals surface area (Å²) in [6.45, 7) is 8.52. The summed E-state index contributed by atoms with van der Waals surface area (Å²) in [6, 6.07) is 5.90. The molecule has 1 amide bonds. The minimum absolute atomic E-state index is 0.237. The number of H-pyrrole nitrogens is 1. The van der Waals surface area contributed by atoms with E-state index >= 15 is 0 Å². The zero-order valence-corrected chi connectivity index (χ0v) is 14.5. The Morgan fingerprint density at radius 2 is 1.91 bits per heavy atom. The summed E-state index contributed by atoms with van der Waals surface area (Å²) in [4.78, 5) is 19.4. The third-order valence-corrected chi connectivity index (χ3v) is 4.23. The van der Waals surface area contributed by atoms with Crippen LogP contribution in [0.1, 0.15) is 20.8 Å². The van der Waals surface area contributed by atoms with Crippen LogP contribution in [0.25, 0.3) is 10.9 Å². The number of aromatic amines is 1. The van der Waals surface area contributed by atoms with E-state index in [1.165, 1.54) is 0 Å². The number of hydrogen-bond acceptors (Lipinski definition) is 3. The second-order valence-corrected chi connectivity index (χ2v) is 7.20. The fraction of sp³-hybridized carbons (Fsp3) is 0.471. The predicted octanol–water partition coefficient (Wildman–Crippen LogP) is 3.88. The number of rotatable bonds is 1. The second-order valence-electron chi connectivity index (χ2n) is 6.79. The van der Waals surface area contributed by atoms with Crippen LogP contribution in [0, 0.1) is 0 Å². The summed E-state index contributed by atoms with van der Waals surface area (Å²) >= 11 is 6.22. The molecule has 1 aromatic heterocycles. The molecule has 0 unspecified atom stereocenters. The van der Waals surface area contributed by atoms with Crippen LogP contribution in [0.5, 0.6) is 0 Å². The van der Waals surface area contributed by atoms with Gasteiger partial charge in [-0.3, -0.25) is 0 Å². The first-order valence-corrected chi connectivity index (χ1v) is 8.21. The number of para-hydroxylation sites is 1. The van der Waals surface area contributed by atoms with Crippen LogP contribution in [-0.2, 0) is 4.74 Å². The van der Waals surface area contributed by atoms with Gasteiger partial charge in [-0.15, -0.1) is 0 Å². The standard InChI is InChI=1S/C17H22ClN3O2/c1-17(2,3)23-16(22)21-9-7-20(8-10-21)14-11-19-15-12(14)5-4-6-13(15)18/h4-6,11,19H,7-10H2,1-3H3. The second kappa shape index (κ2) is 5.96. The Labute approximate surface area is 141 Å². The van der Waals surface area contributed by atoms with Gasteiger partial charge in [0.15, 0.2) is 0 Å². The third kappa shape index (κ3) is 3.39. The molecule has 124 valence electrons. The maximum atomic E-state index is 12.1. The molecule has 1 fully saturated rings. The van der Waals surface area contributed by atoms with Gasteiger partial charge in [0.1, 0.15) is 5.60 Å². The van der Waals surface area contributed by atoms with Crippen LogP contribution >= 0.6 is 11.6 Å². The van der Waals surface area contributed by atoms with Crippen LogP contribution in [0.3, 0.4) is 0 Å². The lowest BCUT2D eigenvalue weighted by Crippen LogP contribution is -2.50. The number of hydrogen-bond donors (Lipinski definition) is 1. The van der Waals surface area contributed by atoms with E-state index in [1.807, 2.05) is 39.1 Å². The van der Waals surface area contributed by atoms with Crippen LogP contribution < -0.4 is 4.90 Å². The number of halogens is 1. The Kier molecular flexibility index (Phi) is 4.15. The molecule has 0 radical (unpaired) electrons. The molecule has 1 aliphatic heterocycles. The zero-order chi connectivity index (χ0) is 16.6. The van der Waals surface area contributed by atoms with E-state index in [9.17, 15) is 4.79 Å². The fourth-order valence-corrected chi connectivity index (χ4v) is 3.05. The number of benzene rings is 1. The van der Waals surface area contributed by atoms with Crippen molar-refractivity contribution in [2.24, 2.45) is 0 Å². The lowest BCUT2D eigenvalue weighted by Gasteiger charge is -2.36. The molecule has 5 nitrogen and oxygen atoms in total. The number of anilines is 1. The highest BCUT2D eigenvalue weighted by molar-refractivity contribution is 6.35. The Bertz CT molecular complexity index is 712. The molecule has 0 spiro atoms. The number of aromatic nitrogens is 1. The van der Waals surface area contributed by atoms with Crippen LogP contribution in [0.15, 0.2) is 24.4 Å².